The summed E-state index contributed by atoms with van der Waals surface area (Å²) in [7, 11) is 0. The first-order chi connectivity index (χ1) is 18.7. The Bertz CT molecular complexity index is 1390. The Kier molecular flexibility index (Phi) is 7.41. The summed E-state index contributed by atoms with van der Waals surface area (Å²) < 4.78 is 22.9. The predicted octanol–water partition coefficient (Wildman–Crippen LogP) is 4.66. The van der Waals surface area contributed by atoms with Crippen molar-refractivity contribution >= 4 is 35.1 Å². The summed E-state index contributed by atoms with van der Waals surface area (Å²) in [6.07, 6.45) is 11.0. The van der Waals surface area contributed by atoms with Crippen molar-refractivity contribution in [3.63, 3.8) is 0 Å². The largest absolute Gasteiger partial charge is 0.366 e. The molecule has 1 aromatic carbocycles. The second-order valence-electron chi connectivity index (χ2n) is 9.19. The lowest BCUT2D eigenvalue weighted by atomic mass is 10.0. The predicted molar refractivity (Wildman–Crippen MR) is 150 cm³/mol. The van der Waals surface area contributed by atoms with Crippen LogP contribution in [0.5, 0.6) is 0 Å². The number of nitrogens with one attached hydrogen (secondary N) is 2. The Labute approximate surface area is 229 Å². The molecule has 4 aromatic rings. The van der Waals surface area contributed by atoms with Gasteiger partial charge in [0.15, 0.2) is 5.82 Å². The molecule has 0 unspecified atom stereocenters. The van der Waals surface area contributed by atoms with Crippen LogP contribution in [0.25, 0.3) is 28.3 Å². The third-order valence-corrected chi connectivity index (χ3v) is 7.81. The van der Waals surface area contributed by atoms with Gasteiger partial charge in [-0.3, -0.25) is 4.98 Å². The first kappa shape index (κ1) is 25.1. The fraction of sp³-hybridized carbons (Fsp3) is 0.308. The number of hydrogen-bond donors (Lipinski definition) is 2. The molecule has 0 radical (unpaired) electrons. The van der Waals surface area contributed by atoms with Gasteiger partial charge in [0.2, 0.25) is 0 Å². The highest BCUT2D eigenvalue weighted by Crippen LogP contribution is 2.38. The van der Waals surface area contributed by atoms with Crippen molar-refractivity contribution in [1.29, 1.82) is 0 Å². The molecule has 2 fully saturated rings. The molecule has 6 rings (SSSR count). The van der Waals surface area contributed by atoms with Gasteiger partial charge in [-0.05, 0) is 37.1 Å². The number of nitrogens with zero attached hydrogens (tertiary/aromatic N) is 7. The molecule has 2 aliphatic rings. The van der Waals surface area contributed by atoms with Crippen molar-refractivity contribution in [2.24, 2.45) is 0 Å². The van der Waals surface area contributed by atoms with E-state index in [1.807, 2.05) is 12.1 Å². The number of pyridine rings is 1. The summed E-state index contributed by atoms with van der Waals surface area (Å²) in [5.41, 5.74) is 3.60. The monoisotopic (exact) mass is 551 g/mol. The van der Waals surface area contributed by atoms with Gasteiger partial charge in [-0.25, -0.2) is 23.3 Å². The Morgan fingerprint density at radius 1 is 0.974 bits per heavy atom. The van der Waals surface area contributed by atoms with Gasteiger partial charge < -0.3 is 14.9 Å². The number of halogens is 2. The molecular weight excluding hydrogens is 525 g/mol. The van der Waals surface area contributed by atoms with E-state index in [2.05, 4.69) is 34.2 Å². The maximum atomic E-state index is 15.9. The average molecular weight is 552 g/mol. The van der Waals surface area contributed by atoms with Crippen molar-refractivity contribution in [3.8, 4) is 28.3 Å². The van der Waals surface area contributed by atoms with E-state index in [1.54, 1.807) is 47.8 Å². The highest BCUT2D eigenvalue weighted by atomic mass is 35.5. The molecule has 12 heteroatoms. The van der Waals surface area contributed by atoms with Crippen molar-refractivity contribution in [1.82, 2.24) is 34.4 Å². The number of piperazine rings is 1. The van der Waals surface area contributed by atoms with E-state index in [1.165, 1.54) is 12.1 Å². The van der Waals surface area contributed by atoms with Crippen LogP contribution in [0, 0.1) is 5.82 Å². The van der Waals surface area contributed by atoms with Gasteiger partial charge in [-0.2, -0.15) is 5.10 Å². The van der Waals surface area contributed by atoms with Crippen LogP contribution in [0.1, 0.15) is 12.8 Å². The van der Waals surface area contributed by atoms with E-state index >= 15 is 4.39 Å². The summed E-state index contributed by atoms with van der Waals surface area (Å²) in [6, 6.07) is 6.92. The number of anilines is 2. The molecule has 2 aliphatic heterocycles. The fourth-order valence-electron chi connectivity index (χ4n) is 4.67. The molecule has 9 nitrogen and oxygen atoms in total. The SMILES string of the molecule is Fc1c(NSN2CCCC2)cc(Cl)cc1-c1cn(-c2ncc(N3CCNCC3)cn2)nc1-c1ccncc1. The maximum Gasteiger partial charge on any atom is 0.250 e. The average Bonchev–Trinajstić information content (AvgIpc) is 3.65. The summed E-state index contributed by atoms with van der Waals surface area (Å²) in [4.78, 5) is 15.5. The number of aromatic nitrogens is 5. The zero-order valence-corrected chi connectivity index (χ0v) is 22.2. The first-order valence-electron chi connectivity index (χ1n) is 12.6. The van der Waals surface area contributed by atoms with Gasteiger partial charge in [-0.1, -0.05) is 11.6 Å². The van der Waals surface area contributed by atoms with E-state index in [0.29, 0.717) is 33.5 Å². The van der Waals surface area contributed by atoms with Crippen LogP contribution in [0.4, 0.5) is 15.8 Å². The maximum absolute atomic E-state index is 15.9. The molecule has 2 N–H and O–H groups in total. The molecule has 38 heavy (non-hydrogen) atoms. The normalized spacial score (nSPS) is 16.2. The second-order valence-corrected chi connectivity index (χ2v) is 10.5. The van der Waals surface area contributed by atoms with Gasteiger partial charge in [0.1, 0.15) is 5.69 Å². The van der Waals surface area contributed by atoms with Crippen LogP contribution in [0.3, 0.4) is 0 Å². The quantitative estimate of drug-likeness (QED) is 0.318. The van der Waals surface area contributed by atoms with Crippen LogP contribution < -0.4 is 14.9 Å². The minimum Gasteiger partial charge on any atom is -0.366 e. The molecule has 0 saturated carbocycles. The fourth-order valence-corrected chi connectivity index (χ4v) is 5.70. The molecule has 2 saturated heterocycles. The minimum atomic E-state index is -0.397. The van der Waals surface area contributed by atoms with Gasteiger partial charge >= 0.3 is 0 Å². The van der Waals surface area contributed by atoms with Crippen molar-refractivity contribution in [3.05, 3.63) is 66.1 Å². The molecule has 196 valence electrons. The molecule has 0 spiro atoms. The summed E-state index contributed by atoms with van der Waals surface area (Å²) >= 11 is 7.89. The minimum absolute atomic E-state index is 0.328. The van der Waals surface area contributed by atoms with Crippen LogP contribution in [0.2, 0.25) is 5.02 Å². The summed E-state index contributed by atoms with van der Waals surface area (Å²) in [6.45, 7) is 5.61. The number of benzene rings is 1. The molecule has 0 aliphatic carbocycles. The van der Waals surface area contributed by atoms with Gasteiger partial charge in [0, 0.05) is 91.7 Å². The zero-order chi connectivity index (χ0) is 25.9. The van der Waals surface area contributed by atoms with E-state index in [4.69, 9.17) is 16.7 Å². The molecule has 5 heterocycles. The van der Waals surface area contributed by atoms with Crippen molar-refractivity contribution in [2.75, 3.05) is 48.9 Å². The van der Waals surface area contributed by atoms with Gasteiger partial charge in [0.25, 0.3) is 5.95 Å². The Morgan fingerprint density at radius 3 is 2.45 bits per heavy atom. The lowest BCUT2D eigenvalue weighted by molar-refractivity contribution is 0.587. The molecule has 3 aromatic heterocycles. The van der Waals surface area contributed by atoms with E-state index in [9.17, 15) is 0 Å². The van der Waals surface area contributed by atoms with Crippen LogP contribution in [0.15, 0.2) is 55.2 Å². The lowest BCUT2D eigenvalue weighted by Crippen LogP contribution is -2.43. The highest BCUT2D eigenvalue weighted by molar-refractivity contribution is 7.98. The molecule has 0 bridgehead atoms. The van der Waals surface area contributed by atoms with Crippen molar-refractivity contribution in [2.45, 2.75) is 12.8 Å². The zero-order valence-electron chi connectivity index (χ0n) is 20.6. The smallest absolute Gasteiger partial charge is 0.250 e. The molecular formula is C26H27ClFN9S. The molecule has 0 atom stereocenters. The first-order valence-corrected chi connectivity index (χ1v) is 13.8. The second kappa shape index (κ2) is 11.2. The van der Waals surface area contributed by atoms with Gasteiger partial charge in [0.05, 0.1) is 23.8 Å². The van der Waals surface area contributed by atoms with E-state index in [0.717, 1.165) is 63.4 Å². The van der Waals surface area contributed by atoms with Crippen LogP contribution in [-0.2, 0) is 0 Å². The van der Waals surface area contributed by atoms with Crippen molar-refractivity contribution < 1.29 is 4.39 Å². The Balaban J connectivity index is 1.37. The molecule has 0 amide bonds. The topological polar surface area (TPSA) is 87.0 Å². The lowest BCUT2D eigenvalue weighted by Gasteiger charge is -2.28. The standard InChI is InChI=1S/C26H27ClFN9S/c27-19-13-21(24(28)23(14-19)34-38-36-9-1-2-10-36)22-17-37(33-25(22)18-3-5-29-6-4-18)26-31-15-20(16-32-26)35-11-7-30-8-12-35/h3-6,13-17,30,34H,1-2,7-12H2. The summed E-state index contributed by atoms with van der Waals surface area (Å²) in [5, 5.41) is 8.55. The Hall–Kier alpha value is -3.25. The Morgan fingerprint density at radius 2 is 1.71 bits per heavy atom. The van der Waals surface area contributed by atoms with Crippen LogP contribution in [-0.4, -0.2) is 68.3 Å². The third-order valence-electron chi connectivity index (χ3n) is 6.66. The van der Waals surface area contributed by atoms with E-state index in [-0.39, 0.29) is 0 Å². The van der Waals surface area contributed by atoms with Crippen LogP contribution >= 0.6 is 23.7 Å². The highest BCUT2D eigenvalue weighted by Gasteiger charge is 2.22. The number of hydrogen-bond acceptors (Lipinski definition) is 9. The summed E-state index contributed by atoms with van der Waals surface area (Å²) in [5.74, 6) is 0.00161. The number of rotatable bonds is 7. The van der Waals surface area contributed by atoms with Gasteiger partial charge in [-0.15, -0.1) is 0 Å². The third kappa shape index (κ3) is 5.32. The van der Waals surface area contributed by atoms with E-state index < -0.39 is 5.82 Å².